The minimum absolute atomic E-state index is 0.253. The van der Waals surface area contributed by atoms with Gasteiger partial charge in [-0.25, -0.2) is 4.79 Å². The Bertz CT molecular complexity index is 748. The maximum absolute atomic E-state index is 12.0. The first-order valence-corrected chi connectivity index (χ1v) is 8.41. The number of aryl methyl sites for hydroxylation is 1. The number of anilines is 1. The van der Waals surface area contributed by atoms with Crippen molar-refractivity contribution >= 4 is 23.6 Å². The van der Waals surface area contributed by atoms with Crippen molar-refractivity contribution in [2.75, 3.05) is 11.9 Å². The number of hydrogen-bond acceptors (Lipinski definition) is 3. The summed E-state index contributed by atoms with van der Waals surface area (Å²) in [7, 11) is 0. The maximum atomic E-state index is 12.0. The Labute approximate surface area is 148 Å². The SMILES string of the molecule is CCCCOC(=O)c1cccc(NC(=O)/C=C/c2ccc(C)cc2)c1. The lowest BCUT2D eigenvalue weighted by Crippen LogP contribution is -2.10. The third kappa shape index (κ3) is 6.26. The van der Waals surface area contributed by atoms with Crippen molar-refractivity contribution in [3.63, 3.8) is 0 Å². The predicted octanol–water partition coefficient (Wildman–Crippen LogP) is 4.60. The van der Waals surface area contributed by atoms with Gasteiger partial charge in [0.05, 0.1) is 12.2 Å². The Hall–Kier alpha value is -2.88. The van der Waals surface area contributed by atoms with Gasteiger partial charge >= 0.3 is 5.97 Å². The molecule has 2 aromatic carbocycles. The average molecular weight is 337 g/mol. The molecule has 0 heterocycles. The van der Waals surface area contributed by atoms with Gasteiger partial charge in [-0.3, -0.25) is 4.79 Å². The summed E-state index contributed by atoms with van der Waals surface area (Å²) >= 11 is 0. The van der Waals surface area contributed by atoms with Gasteiger partial charge in [0.25, 0.3) is 0 Å². The van der Waals surface area contributed by atoms with Gasteiger partial charge in [-0.2, -0.15) is 0 Å². The highest BCUT2D eigenvalue weighted by atomic mass is 16.5. The molecule has 4 heteroatoms. The summed E-state index contributed by atoms with van der Waals surface area (Å²) in [5.41, 5.74) is 3.11. The number of ether oxygens (including phenoxy) is 1. The lowest BCUT2D eigenvalue weighted by atomic mass is 10.1. The molecule has 2 rings (SSSR count). The average Bonchev–Trinajstić information content (AvgIpc) is 2.61. The molecule has 2 aromatic rings. The van der Waals surface area contributed by atoms with Gasteiger partial charge in [0.1, 0.15) is 0 Å². The molecule has 0 fully saturated rings. The highest BCUT2D eigenvalue weighted by Crippen LogP contribution is 2.12. The van der Waals surface area contributed by atoms with Crippen molar-refractivity contribution in [3.8, 4) is 0 Å². The van der Waals surface area contributed by atoms with E-state index in [2.05, 4.69) is 5.32 Å². The van der Waals surface area contributed by atoms with Crippen LogP contribution in [0, 0.1) is 6.92 Å². The van der Waals surface area contributed by atoms with E-state index in [1.807, 2.05) is 38.1 Å². The summed E-state index contributed by atoms with van der Waals surface area (Å²) in [5, 5.41) is 2.75. The second-order valence-electron chi connectivity index (χ2n) is 5.80. The number of nitrogens with one attached hydrogen (secondary N) is 1. The van der Waals surface area contributed by atoms with Crippen LogP contribution in [0.15, 0.2) is 54.6 Å². The number of benzene rings is 2. The van der Waals surface area contributed by atoms with Crippen molar-refractivity contribution in [2.24, 2.45) is 0 Å². The second kappa shape index (κ2) is 9.42. The molecule has 0 aliphatic heterocycles. The van der Waals surface area contributed by atoms with E-state index in [0.717, 1.165) is 18.4 Å². The smallest absolute Gasteiger partial charge is 0.338 e. The molecule has 0 aliphatic carbocycles. The standard InChI is InChI=1S/C21H23NO3/c1-3-4-14-25-21(24)18-6-5-7-19(15-18)22-20(23)13-12-17-10-8-16(2)9-11-17/h5-13,15H,3-4,14H2,1-2H3,(H,22,23)/b13-12+. The fourth-order valence-corrected chi connectivity index (χ4v) is 2.15. The van der Waals surface area contributed by atoms with Crippen LogP contribution in [0.2, 0.25) is 0 Å². The molecule has 130 valence electrons. The molecule has 0 bridgehead atoms. The Balaban J connectivity index is 1.95. The van der Waals surface area contributed by atoms with E-state index in [1.54, 1.807) is 30.3 Å². The summed E-state index contributed by atoms with van der Waals surface area (Å²) in [6.45, 7) is 4.46. The molecular formula is C21H23NO3. The minimum atomic E-state index is -0.375. The molecule has 0 atom stereocenters. The van der Waals surface area contributed by atoms with Gasteiger partial charge in [0, 0.05) is 11.8 Å². The predicted molar refractivity (Wildman–Crippen MR) is 100 cm³/mol. The molecule has 0 unspecified atom stereocenters. The zero-order chi connectivity index (χ0) is 18.1. The Morgan fingerprint density at radius 1 is 1.12 bits per heavy atom. The van der Waals surface area contributed by atoms with Crippen LogP contribution < -0.4 is 5.32 Å². The van der Waals surface area contributed by atoms with E-state index < -0.39 is 0 Å². The van der Waals surface area contributed by atoms with Crippen LogP contribution in [-0.2, 0) is 9.53 Å². The summed E-state index contributed by atoms with van der Waals surface area (Å²) in [6.07, 6.45) is 5.03. The molecule has 1 N–H and O–H groups in total. The fourth-order valence-electron chi connectivity index (χ4n) is 2.15. The van der Waals surface area contributed by atoms with Crippen LogP contribution in [0.3, 0.4) is 0 Å². The largest absolute Gasteiger partial charge is 0.462 e. The van der Waals surface area contributed by atoms with Crippen molar-refractivity contribution in [1.82, 2.24) is 0 Å². The van der Waals surface area contributed by atoms with Crippen molar-refractivity contribution in [3.05, 3.63) is 71.3 Å². The highest BCUT2D eigenvalue weighted by Gasteiger charge is 2.08. The molecule has 1 amide bonds. The van der Waals surface area contributed by atoms with E-state index in [9.17, 15) is 9.59 Å². The lowest BCUT2D eigenvalue weighted by molar-refractivity contribution is -0.111. The molecule has 0 saturated heterocycles. The van der Waals surface area contributed by atoms with Gasteiger partial charge in [-0.15, -0.1) is 0 Å². The Morgan fingerprint density at radius 2 is 1.88 bits per heavy atom. The van der Waals surface area contributed by atoms with Crippen molar-refractivity contribution in [2.45, 2.75) is 26.7 Å². The molecule has 4 nitrogen and oxygen atoms in total. The summed E-state index contributed by atoms with van der Waals surface area (Å²) < 4.78 is 5.18. The second-order valence-corrected chi connectivity index (χ2v) is 5.80. The van der Waals surface area contributed by atoms with E-state index in [1.165, 1.54) is 11.6 Å². The first kappa shape index (κ1) is 18.5. The number of unbranched alkanes of at least 4 members (excludes halogenated alkanes) is 1. The first-order valence-electron chi connectivity index (χ1n) is 8.41. The van der Waals surface area contributed by atoms with Crippen molar-refractivity contribution in [1.29, 1.82) is 0 Å². The van der Waals surface area contributed by atoms with Crippen LogP contribution in [0.1, 0.15) is 41.3 Å². The Kier molecular flexibility index (Phi) is 6.96. The quantitative estimate of drug-likeness (QED) is 0.456. The number of carbonyl (C=O) groups excluding carboxylic acids is 2. The van der Waals surface area contributed by atoms with Gasteiger partial charge in [0.15, 0.2) is 0 Å². The summed E-state index contributed by atoms with van der Waals surface area (Å²) in [5.74, 6) is -0.628. The van der Waals surface area contributed by atoms with E-state index in [4.69, 9.17) is 4.74 Å². The molecule has 25 heavy (non-hydrogen) atoms. The molecule has 0 aliphatic rings. The zero-order valence-corrected chi connectivity index (χ0v) is 14.6. The zero-order valence-electron chi connectivity index (χ0n) is 14.6. The maximum Gasteiger partial charge on any atom is 0.338 e. The molecule has 0 saturated carbocycles. The van der Waals surface area contributed by atoms with Gasteiger partial charge < -0.3 is 10.1 Å². The molecule has 0 radical (unpaired) electrons. The minimum Gasteiger partial charge on any atom is -0.462 e. The Morgan fingerprint density at radius 3 is 2.60 bits per heavy atom. The monoisotopic (exact) mass is 337 g/mol. The van der Waals surface area contributed by atoms with E-state index in [-0.39, 0.29) is 11.9 Å². The van der Waals surface area contributed by atoms with Gasteiger partial charge in [0.2, 0.25) is 5.91 Å². The van der Waals surface area contributed by atoms with Crippen LogP contribution in [0.25, 0.3) is 6.08 Å². The van der Waals surface area contributed by atoms with Gasteiger partial charge in [-0.1, -0.05) is 49.2 Å². The number of hydrogen-bond donors (Lipinski definition) is 1. The summed E-state index contributed by atoms with van der Waals surface area (Å²) in [6, 6.07) is 14.6. The van der Waals surface area contributed by atoms with Crippen LogP contribution >= 0.6 is 0 Å². The van der Waals surface area contributed by atoms with Crippen LogP contribution in [0.4, 0.5) is 5.69 Å². The van der Waals surface area contributed by atoms with Crippen LogP contribution in [-0.4, -0.2) is 18.5 Å². The third-order valence-electron chi connectivity index (χ3n) is 3.60. The summed E-state index contributed by atoms with van der Waals surface area (Å²) in [4.78, 5) is 24.0. The molecule has 0 aromatic heterocycles. The van der Waals surface area contributed by atoms with E-state index >= 15 is 0 Å². The highest BCUT2D eigenvalue weighted by molar-refractivity contribution is 6.02. The topological polar surface area (TPSA) is 55.4 Å². The van der Waals surface area contributed by atoms with E-state index in [0.29, 0.717) is 17.9 Å². The number of esters is 1. The number of amides is 1. The number of carbonyl (C=O) groups is 2. The third-order valence-corrected chi connectivity index (χ3v) is 3.60. The molecule has 0 spiro atoms. The molecular weight excluding hydrogens is 314 g/mol. The van der Waals surface area contributed by atoms with Crippen molar-refractivity contribution < 1.29 is 14.3 Å². The first-order chi connectivity index (χ1) is 12.1. The van der Waals surface area contributed by atoms with Crippen LogP contribution in [0.5, 0.6) is 0 Å². The lowest BCUT2D eigenvalue weighted by Gasteiger charge is -2.06. The van der Waals surface area contributed by atoms with Gasteiger partial charge in [-0.05, 0) is 43.2 Å². The normalized spacial score (nSPS) is 10.6. The number of rotatable bonds is 7. The fraction of sp³-hybridized carbons (Fsp3) is 0.238.